The van der Waals surface area contributed by atoms with Gasteiger partial charge in [-0.05, 0) is 55.7 Å². The Morgan fingerprint density at radius 3 is 2.62 bits per heavy atom. The molecule has 6 rings (SSSR count). The van der Waals surface area contributed by atoms with Crippen LogP contribution in [0.4, 0.5) is 24.5 Å². The first-order valence-corrected chi connectivity index (χ1v) is 13.7. The summed E-state index contributed by atoms with van der Waals surface area (Å²) >= 11 is 0. The number of amides is 1. The van der Waals surface area contributed by atoms with Crippen molar-refractivity contribution in [3.8, 4) is 0 Å². The Morgan fingerprint density at radius 2 is 1.86 bits per heavy atom. The van der Waals surface area contributed by atoms with Gasteiger partial charge in [0.1, 0.15) is 30.7 Å². The molecule has 0 spiro atoms. The second-order valence-corrected chi connectivity index (χ2v) is 10.8. The molecule has 1 amide bonds. The smallest absolute Gasteiger partial charge is 0.243 e. The topological polar surface area (TPSA) is 92.2 Å². The fourth-order valence-electron chi connectivity index (χ4n) is 6.08. The van der Waals surface area contributed by atoms with Gasteiger partial charge in [0.15, 0.2) is 5.78 Å². The van der Waals surface area contributed by atoms with E-state index in [0.29, 0.717) is 46.3 Å². The number of fused-ring (bicyclic) bond motifs is 2. The predicted molar refractivity (Wildman–Crippen MR) is 152 cm³/mol. The number of nitrogens with one attached hydrogen (secondary N) is 2. The number of likely N-dealkylation sites (tertiary alicyclic amines) is 1. The summed E-state index contributed by atoms with van der Waals surface area (Å²) in [5, 5.41) is 7.02. The number of aromatic nitrogens is 3. The minimum atomic E-state index is -1.26. The number of carbonyl (C=O) groups is 2. The lowest BCUT2D eigenvalue weighted by Crippen LogP contribution is -2.42. The number of halogens is 3. The van der Waals surface area contributed by atoms with Crippen molar-refractivity contribution in [1.82, 2.24) is 24.8 Å². The molecule has 0 saturated carbocycles. The maximum atomic E-state index is 14.7. The van der Waals surface area contributed by atoms with E-state index in [1.165, 1.54) is 18.2 Å². The molecule has 8 nitrogen and oxygen atoms in total. The van der Waals surface area contributed by atoms with E-state index in [1.807, 2.05) is 18.2 Å². The Morgan fingerprint density at radius 1 is 1.10 bits per heavy atom. The Balaban J connectivity index is 1.22. The van der Waals surface area contributed by atoms with E-state index in [-0.39, 0.29) is 36.8 Å². The van der Waals surface area contributed by atoms with Crippen molar-refractivity contribution in [3.05, 3.63) is 95.9 Å². The zero-order chi connectivity index (χ0) is 29.5. The van der Waals surface area contributed by atoms with Gasteiger partial charge in [-0.1, -0.05) is 6.58 Å². The summed E-state index contributed by atoms with van der Waals surface area (Å²) in [4.78, 5) is 35.5. The van der Waals surface area contributed by atoms with Crippen LogP contribution in [0.3, 0.4) is 0 Å². The van der Waals surface area contributed by atoms with Crippen LogP contribution >= 0.6 is 0 Å². The fourth-order valence-corrected chi connectivity index (χ4v) is 6.08. The number of alkyl halides is 1. The molecule has 0 bridgehead atoms. The average Bonchev–Trinajstić information content (AvgIpc) is 3.67. The lowest BCUT2D eigenvalue weighted by molar-refractivity contribution is -0.132. The molecule has 2 aromatic heterocycles. The molecular weight excluding hydrogens is 545 g/mol. The second-order valence-electron chi connectivity index (χ2n) is 10.8. The molecule has 4 aromatic rings. The molecule has 1 saturated heterocycles. The molecular formula is C31H29F3N6O2. The van der Waals surface area contributed by atoms with Gasteiger partial charge in [-0.3, -0.25) is 9.59 Å². The SMILES string of the molecule is C=C(NC1CCc2c(F)ccc(F)c21)[C@@H]1C[C@@H](F)CN1C(=O)Cn1cc(C(C)=O)c2cc(Nc3cncnc3)ccc21. The first-order chi connectivity index (χ1) is 20.2. The lowest BCUT2D eigenvalue weighted by atomic mass is 10.1. The van der Waals surface area contributed by atoms with E-state index >= 15 is 0 Å². The van der Waals surface area contributed by atoms with E-state index < -0.39 is 29.9 Å². The number of hydrogen-bond donors (Lipinski definition) is 2. The van der Waals surface area contributed by atoms with Gasteiger partial charge in [0, 0.05) is 46.0 Å². The van der Waals surface area contributed by atoms with Gasteiger partial charge in [0.05, 0.1) is 36.7 Å². The third kappa shape index (κ3) is 5.10. The van der Waals surface area contributed by atoms with Crippen molar-refractivity contribution < 1.29 is 22.8 Å². The number of benzene rings is 2. The van der Waals surface area contributed by atoms with Crippen LogP contribution in [0.15, 0.2) is 67.5 Å². The van der Waals surface area contributed by atoms with Crippen LogP contribution in [-0.4, -0.2) is 49.9 Å². The highest BCUT2D eigenvalue weighted by Crippen LogP contribution is 2.37. The van der Waals surface area contributed by atoms with Crippen molar-refractivity contribution in [2.24, 2.45) is 0 Å². The Hall–Kier alpha value is -4.67. The van der Waals surface area contributed by atoms with Crippen LogP contribution < -0.4 is 10.6 Å². The number of Topliss-reactive ketones (excluding diaryl/α,β-unsaturated/α-hetero) is 1. The highest BCUT2D eigenvalue weighted by atomic mass is 19.1. The van der Waals surface area contributed by atoms with Crippen molar-refractivity contribution in [1.29, 1.82) is 0 Å². The van der Waals surface area contributed by atoms with Gasteiger partial charge in [-0.2, -0.15) is 0 Å². The summed E-state index contributed by atoms with van der Waals surface area (Å²) in [7, 11) is 0. The molecule has 1 aliphatic carbocycles. The normalized spacial score (nSPS) is 19.6. The maximum absolute atomic E-state index is 14.7. The molecule has 42 heavy (non-hydrogen) atoms. The van der Waals surface area contributed by atoms with Crippen LogP contribution in [0.2, 0.25) is 0 Å². The summed E-state index contributed by atoms with van der Waals surface area (Å²) in [5.74, 6) is -1.47. The number of ketones is 1. The highest BCUT2D eigenvalue weighted by Gasteiger charge is 2.39. The molecule has 2 N–H and O–H groups in total. The van der Waals surface area contributed by atoms with E-state index in [4.69, 9.17) is 0 Å². The zero-order valence-electron chi connectivity index (χ0n) is 22.9. The van der Waals surface area contributed by atoms with E-state index in [9.17, 15) is 22.8 Å². The summed E-state index contributed by atoms with van der Waals surface area (Å²) < 4.78 is 45.2. The number of rotatable bonds is 8. The molecule has 2 aliphatic rings. The van der Waals surface area contributed by atoms with E-state index in [2.05, 4.69) is 27.2 Å². The van der Waals surface area contributed by atoms with E-state index in [1.54, 1.807) is 23.2 Å². The molecule has 1 aliphatic heterocycles. The average molecular weight is 575 g/mol. The lowest BCUT2D eigenvalue weighted by Gasteiger charge is -2.29. The van der Waals surface area contributed by atoms with Crippen LogP contribution in [0.5, 0.6) is 0 Å². The Kier molecular flexibility index (Phi) is 7.17. The van der Waals surface area contributed by atoms with Gasteiger partial charge in [0.25, 0.3) is 0 Å². The number of hydrogen-bond acceptors (Lipinski definition) is 6. The third-order valence-electron chi connectivity index (χ3n) is 8.03. The quantitative estimate of drug-likeness (QED) is 0.275. The summed E-state index contributed by atoms with van der Waals surface area (Å²) in [6.45, 7) is 5.30. The monoisotopic (exact) mass is 574 g/mol. The van der Waals surface area contributed by atoms with Crippen LogP contribution in [0.1, 0.15) is 47.3 Å². The molecule has 1 unspecified atom stereocenters. The van der Waals surface area contributed by atoms with E-state index in [0.717, 1.165) is 17.8 Å². The molecule has 3 heterocycles. The van der Waals surface area contributed by atoms with Crippen molar-refractivity contribution in [2.75, 3.05) is 11.9 Å². The van der Waals surface area contributed by atoms with Gasteiger partial charge in [0.2, 0.25) is 5.91 Å². The minimum absolute atomic E-state index is 0.0478. The Bertz CT molecular complexity index is 1710. The van der Waals surface area contributed by atoms with Gasteiger partial charge in [-0.15, -0.1) is 0 Å². The fraction of sp³-hybridized carbons (Fsp3) is 0.290. The maximum Gasteiger partial charge on any atom is 0.243 e. The number of nitrogens with zero attached hydrogens (tertiary/aromatic N) is 4. The second kappa shape index (κ2) is 11.0. The first kappa shape index (κ1) is 27.5. The molecule has 1 fully saturated rings. The van der Waals surface area contributed by atoms with Crippen molar-refractivity contribution >= 4 is 34.0 Å². The largest absolute Gasteiger partial charge is 0.380 e. The molecule has 3 atom stereocenters. The third-order valence-corrected chi connectivity index (χ3v) is 8.03. The molecule has 2 aromatic carbocycles. The minimum Gasteiger partial charge on any atom is -0.380 e. The van der Waals surface area contributed by atoms with Crippen LogP contribution in [-0.2, 0) is 17.8 Å². The van der Waals surface area contributed by atoms with Crippen molar-refractivity contribution in [2.45, 2.75) is 51.0 Å². The van der Waals surface area contributed by atoms with Gasteiger partial charge >= 0.3 is 0 Å². The zero-order valence-corrected chi connectivity index (χ0v) is 22.9. The molecule has 11 heteroatoms. The number of anilines is 2. The standard InChI is InChI=1S/C31H29F3N6O2/c1-17(37-27-7-4-22-25(33)5-6-26(34)31(22)27)29-9-19(32)13-40(29)30(42)15-39-14-24(18(2)41)23-10-20(3-8-28(23)39)38-21-11-35-16-36-12-21/h3,5-6,8,10-12,14,16,19,27,29,37-38H,1,4,7,9,13,15H2,2H3/t19-,27?,29+/m1/s1. The van der Waals surface area contributed by atoms with Gasteiger partial charge < -0.3 is 20.1 Å². The summed E-state index contributed by atoms with van der Waals surface area (Å²) in [6, 6.07) is 6.50. The van der Waals surface area contributed by atoms with Crippen LogP contribution in [0.25, 0.3) is 10.9 Å². The first-order valence-electron chi connectivity index (χ1n) is 13.7. The molecule has 0 radical (unpaired) electrons. The molecule has 216 valence electrons. The van der Waals surface area contributed by atoms with Crippen LogP contribution in [0, 0.1) is 11.6 Å². The summed E-state index contributed by atoms with van der Waals surface area (Å²) in [5.41, 5.74) is 3.50. The van der Waals surface area contributed by atoms with Crippen molar-refractivity contribution in [3.63, 3.8) is 0 Å². The summed E-state index contributed by atoms with van der Waals surface area (Å²) in [6.07, 6.45) is 5.94. The Labute approximate surface area is 240 Å². The predicted octanol–water partition coefficient (Wildman–Crippen LogP) is 5.39. The highest BCUT2D eigenvalue weighted by molar-refractivity contribution is 6.08. The number of carbonyl (C=O) groups excluding carboxylic acids is 2. The van der Waals surface area contributed by atoms with Gasteiger partial charge in [-0.25, -0.2) is 23.1 Å².